The number of pyridine rings is 1. The largest absolute Gasteiger partial charge is 0.313 e. The average Bonchev–Trinajstić information content (AvgIpc) is 2.82. The van der Waals surface area contributed by atoms with Crippen molar-refractivity contribution in [2.75, 3.05) is 19.6 Å². The molecule has 1 aromatic heterocycles. The van der Waals surface area contributed by atoms with E-state index in [0.717, 1.165) is 38.2 Å². The standard InChI is InChI=1S/C14H22FN3/c1-2-6-18(11-14-4-3-5-17-14)10-12-7-13(15)9-16-8-12/h7-9,14,17H,2-6,10-11H2,1H3. The van der Waals surface area contributed by atoms with Crippen LogP contribution in [0.15, 0.2) is 18.5 Å². The Kier molecular flexibility index (Phi) is 5.08. The molecule has 2 rings (SSSR count). The molecule has 0 radical (unpaired) electrons. The molecule has 1 aliphatic heterocycles. The number of rotatable bonds is 6. The smallest absolute Gasteiger partial charge is 0.141 e. The molecule has 0 aliphatic carbocycles. The molecule has 3 nitrogen and oxygen atoms in total. The molecule has 0 bridgehead atoms. The van der Waals surface area contributed by atoms with Crippen LogP contribution >= 0.6 is 0 Å². The van der Waals surface area contributed by atoms with E-state index in [2.05, 4.69) is 22.1 Å². The van der Waals surface area contributed by atoms with Gasteiger partial charge in [0.1, 0.15) is 5.82 Å². The molecule has 1 atom stereocenters. The summed E-state index contributed by atoms with van der Waals surface area (Å²) in [6.45, 7) is 6.20. The molecular formula is C14H22FN3. The van der Waals surface area contributed by atoms with Gasteiger partial charge in [-0.1, -0.05) is 6.92 Å². The van der Waals surface area contributed by atoms with Gasteiger partial charge in [-0.05, 0) is 44.0 Å². The van der Waals surface area contributed by atoms with Crippen LogP contribution in [0.3, 0.4) is 0 Å². The van der Waals surface area contributed by atoms with Crippen LogP contribution in [-0.2, 0) is 6.54 Å². The van der Waals surface area contributed by atoms with E-state index in [1.807, 2.05) is 0 Å². The average molecular weight is 251 g/mol. The Labute approximate surface area is 108 Å². The van der Waals surface area contributed by atoms with E-state index in [0.29, 0.717) is 6.04 Å². The van der Waals surface area contributed by atoms with Crippen molar-refractivity contribution < 1.29 is 4.39 Å². The fraction of sp³-hybridized carbons (Fsp3) is 0.643. The Balaban J connectivity index is 1.92. The Bertz CT molecular complexity index is 364. The van der Waals surface area contributed by atoms with Gasteiger partial charge in [-0.2, -0.15) is 0 Å². The van der Waals surface area contributed by atoms with Gasteiger partial charge in [0, 0.05) is 25.3 Å². The van der Waals surface area contributed by atoms with Gasteiger partial charge in [-0.25, -0.2) is 4.39 Å². The predicted molar refractivity (Wildman–Crippen MR) is 70.8 cm³/mol. The first-order valence-corrected chi connectivity index (χ1v) is 6.83. The van der Waals surface area contributed by atoms with Gasteiger partial charge in [0.15, 0.2) is 0 Å². The van der Waals surface area contributed by atoms with Crippen LogP contribution in [0.2, 0.25) is 0 Å². The number of halogens is 1. The van der Waals surface area contributed by atoms with Crippen LogP contribution < -0.4 is 5.32 Å². The number of aromatic nitrogens is 1. The fourth-order valence-corrected chi connectivity index (χ4v) is 2.58. The number of hydrogen-bond acceptors (Lipinski definition) is 3. The monoisotopic (exact) mass is 251 g/mol. The van der Waals surface area contributed by atoms with Crippen molar-refractivity contribution in [3.63, 3.8) is 0 Å². The lowest BCUT2D eigenvalue weighted by atomic mass is 10.2. The summed E-state index contributed by atoms with van der Waals surface area (Å²) < 4.78 is 13.1. The number of nitrogens with one attached hydrogen (secondary N) is 1. The third-order valence-corrected chi connectivity index (χ3v) is 3.35. The SMILES string of the molecule is CCCN(Cc1cncc(F)c1)CC1CCCN1. The summed E-state index contributed by atoms with van der Waals surface area (Å²) in [6, 6.07) is 2.18. The van der Waals surface area contributed by atoms with E-state index in [1.165, 1.54) is 19.0 Å². The topological polar surface area (TPSA) is 28.2 Å². The summed E-state index contributed by atoms with van der Waals surface area (Å²) in [5.74, 6) is -0.247. The van der Waals surface area contributed by atoms with Gasteiger partial charge in [0.25, 0.3) is 0 Å². The highest BCUT2D eigenvalue weighted by Crippen LogP contribution is 2.11. The highest BCUT2D eigenvalue weighted by atomic mass is 19.1. The third-order valence-electron chi connectivity index (χ3n) is 3.35. The first-order valence-electron chi connectivity index (χ1n) is 6.83. The van der Waals surface area contributed by atoms with Gasteiger partial charge in [-0.15, -0.1) is 0 Å². The van der Waals surface area contributed by atoms with Gasteiger partial charge >= 0.3 is 0 Å². The summed E-state index contributed by atoms with van der Waals surface area (Å²) in [4.78, 5) is 6.30. The van der Waals surface area contributed by atoms with E-state index in [1.54, 1.807) is 12.3 Å². The van der Waals surface area contributed by atoms with Crippen molar-refractivity contribution in [1.82, 2.24) is 15.2 Å². The second kappa shape index (κ2) is 6.81. The summed E-state index contributed by atoms with van der Waals surface area (Å²) in [6.07, 6.45) is 6.66. The molecule has 18 heavy (non-hydrogen) atoms. The molecule has 1 N–H and O–H groups in total. The molecule has 4 heteroatoms. The van der Waals surface area contributed by atoms with Crippen LogP contribution in [-0.4, -0.2) is 35.6 Å². The first-order chi connectivity index (χ1) is 8.78. The Morgan fingerprint density at radius 3 is 3.06 bits per heavy atom. The van der Waals surface area contributed by atoms with Crippen molar-refractivity contribution in [3.8, 4) is 0 Å². The molecule has 0 spiro atoms. The quantitative estimate of drug-likeness (QED) is 0.840. The first kappa shape index (κ1) is 13.4. The van der Waals surface area contributed by atoms with Crippen molar-refractivity contribution in [3.05, 3.63) is 29.8 Å². The fourth-order valence-electron chi connectivity index (χ4n) is 2.58. The maximum Gasteiger partial charge on any atom is 0.141 e. The molecule has 0 amide bonds. The van der Waals surface area contributed by atoms with Crippen molar-refractivity contribution in [1.29, 1.82) is 0 Å². The minimum Gasteiger partial charge on any atom is -0.313 e. The normalized spacial score (nSPS) is 19.6. The van der Waals surface area contributed by atoms with E-state index in [-0.39, 0.29) is 5.82 Å². The molecule has 2 heterocycles. The highest BCUT2D eigenvalue weighted by molar-refractivity contribution is 5.10. The van der Waals surface area contributed by atoms with Gasteiger partial charge in [0.05, 0.1) is 6.20 Å². The van der Waals surface area contributed by atoms with Crippen LogP contribution in [0.1, 0.15) is 31.7 Å². The molecular weight excluding hydrogens is 229 g/mol. The van der Waals surface area contributed by atoms with Gasteiger partial charge < -0.3 is 5.32 Å². The second-order valence-electron chi connectivity index (χ2n) is 5.04. The zero-order chi connectivity index (χ0) is 12.8. The molecule has 1 aromatic rings. The number of nitrogens with zero attached hydrogens (tertiary/aromatic N) is 2. The summed E-state index contributed by atoms with van der Waals surface area (Å²) in [5.41, 5.74) is 0.960. The highest BCUT2D eigenvalue weighted by Gasteiger charge is 2.17. The molecule has 1 aliphatic rings. The molecule has 1 unspecified atom stereocenters. The number of hydrogen-bond donors (Lipinski definition) is 1. The summed E-state index contributed by atoms with van der Waals surface area (Å²) >= 11 is 0. The minimum absolute atomic E-state index is 0.247. The lowest BCUT2D eigenvalue weighted by molar-refractivity contribution is 0.241. The van der Waals surface area contributed by atoms with Crippen LogP contribution in [0.25, 0.3) is 0 Å². The lowest BCUT2D eigenvalue weighted by Gasteiger charge is -2.25. The minimum atomic E-state index is -0.247. The summed E-state index contributed by atoms with van der Waals surface area (Å²) in [7, 11) is 0. The van der Waals surface area contributed by atoms with Gasteiger partial charge in [0.2, 0.25) is 0 Å². The molecule has 0 saturated carbocycles. The van der Waals surface area contributed by atoms with Crippen LogP contribution in [0, 0.1) is 5.82 Å². The maximum atomic E-state index is 13.1. The van der Waals surface area contributed by atoms with Crippen LogP contribution in [0.4, 0.5) is 4.39 Å². The molecule has 0 aromatic carbocycles. The van der Waals surface area contributed by atoms with Crippen molar-refractivity contribution >= 4 is 0 Å². The van der Waals surface area contributed by atoms with E-state index < -0.39 is 0 Å². The summed E-state index contributed by atoms with van der Waals surface area (Å²) in [5, 5.41) is 3.51. The Morgan fingerprint density at radius 2 is 2.39 bits per heavy atom. The van der Waals surface area contributed by atoms with E-state index in [9.17, 15) is 4.39 Å². The molecule has 1 saturated heterocycles. The predicted octanol–water partition coefficient (Wildman–Crippen LogP) is 2.18. The van der Waals surface area contributed by atoms with Gasteiger partial charge in [-0.3, -0.25) is 9.88 Å². The van der Waals surface area contributed by atoms with E-state index >= 15 is 0 Å². The zero-order valence-corrected chi connectivity index (χ0v) is 11.0. The Hall–Kier alpha value is -1.00. The molecule has 100 valence electrons. The second-order valence-corrected chi connectivity index (χ2v) is 5.04. The van der Waals surface area contributed by atoms with E-state index in [4.69, 9.17) is 0 Å². The van der Waals surface area contributed by atoms with Crippen molar-refractivity contribution in [2.24, 2.45) is 0 Å². The van der Waals surface area contributed by atoms with Crippen molar-refractivity contribution in [2.45, 2.75) is 38.8 Å². The lowest BCUT2D eigenvalue weighted by Crippen LogP contribution is -2.37. The maximum absolute atomic E-state index is 13.1. The molecule has 1 fully saturated rings. The third kappa shape index (κ3) is 4.03. The Morgan fingerprint density at radius 1 is 1.50 bits per heavy atom. The zero-order valence-electron chi connectivity index (χ0n) is 11.0. The van der Waals surface area contributed by atoms with Crippen LogP contribution in [0.5, 0.6) is 0 Å².